The fourth-order valence-electron chi connectivity index (χ4n) is 1.99. The molecular formula is C18H19NO2. The molecule has 2 aromatic carbocycles. The van der Waals surface area contributed by atoms with Gasteiger partial charge in [-0.15, -0.1) is 0 Å². The number of carbonyl (C=O) groups is 1. The molecule has 0 unspecified atom stereocenters. The van der Waals surface area contributed by atoms with Gasteiger partial charge in [0.1, 0.15) is 5.75 Å². The van der Waals surface area contributed by atoms with Crippen LogP contribution in [0, 0.1) is 0 Å². The van der Waals surface area contributed by atoms with Gasteiger partial charge < -0.3 is 10.4 Å². The van der Waals surface area contributed by atoms with Crippen LogP contribution in [0.5, 0.6) is 5.75 Å². The Balaban J connectivity index is 1.94. The van der Waals surface area contributed by atoms with E-state index in [-0.39, 0.29) is 11.7 Å². The van der Waals surface area contributed by atoms with Crippen molar-refractivity contribution in [3.63, 3.8) is 0 Å². The standard InChI is InChI=1S/C18H19NO2/c1-14(20)19-13-3-2-4-15-5-7-16(8-6-15)17-9-11-18(21)12-10-17/h2,4-12,21H,3,13H2,1H3,(H,19,20). The van der Waals surface area contributed by atoms with Crippen molar-refractivity contribution < 1.29 is 9.90 Å². The number of aromatic hydroxyl groups is 1. The zero-order valence-corrected chi connectivity index (χ0v) is 12.0. The number of nitrogens with one attached hydrogen (secondary N) is 1. The van der Waals surface area contributed by atoms with Crippen molar-refractivity contribution in [2.24, 2.45) is 0 Å². The fourth-order valence-corrected chi connectivity index (χ4v) is 1.99. The van der Waals surface area contributed by atoms with Crippen molar-refractivity contribution in [3.8, 4) is 16.9 Å². The molecular weight excluding hydrogens is 262 g/mol. The second kappa shape index (κ2) is 7.29. The van der Waals surface area contributed by atoms with Gasteiger partial charge in [-0.1, -0.05) is 48.6 Å². The number of hydrogen-bond acceptors (Lipinski definition) is 2. The van der Waals surface area contributed by atoms with Crippen LogP contribution in [-0.2, 0) is 4.79 Å². The van der Waals surface area contributed by atoms with E-state index in [0.717, 1.165) is 23.1 Å². The third kappa shape index (κ3) is 4.80. The van der Waals surface area contributed by atoms with E-state index >= 15 is 0 Å². The van der Waals surface area contributed by atoms with Gasteiger partial charge in [0.25, 0.3) is 0 Å². The highest BCUT2D eigenvalue weighted by Crippen LogP contribution is 2.22. The molecule has 0 atom stereocenters. The second-order valence-electron chi connectivity index (χ2n) is 4.84. The molecule has 0 bridgehead atoms. The molecule has 2 rings (SSSR count). The van der Waals surface area contributed by atoms with Gasteiger partial charge in [-0.05, 0) is 35.2 Å². The van der Waals surface area contributed by atoms with E-state index in [2.05, 4.69) is 29.6 Å². The van der Waals surface area contributed by atoms with Crippen LogP contribution in [0.15, 0.2) is 54.6 Å². The average Bonchev–Trinajstić information content (AvgIpc) is 2.48. The van der Waals surface area contributed by atoms with Crippen LogP contribution in [0.4, 0.5) is 0 Å². The summed E-state index contributed by atoms with van der Waals surface area (Å²) >= 11 is 0. The largest absolute Gasteiger partial charge is 0.508 e. The lowest BCUT2D eigenvalue weighted by Gasteiger charge is -2.03. The van der Waals surface area contributed by atoms with E-state index in [1.165, 1.54) is 6.92 Å². The van der Waals surface area contributed by atoms with Gasteiger partial charge in [-0.3, -0.25) is 4.79 Å². The first kappa shape index (κ1) is 14.9. The van der Waals surface area contributed by atoms with Gasteiger partial charge in [-0.2, -0.15) is 0 Å². The molecule has 0 aliphatic heterocycles. The molecule has 2 aromatic rings. The highest BCUT2D eigenvalue weighted by atomic mass is 16.3. The number of carbonyl (C=O) groups excluding carboxylic acids is 1. The molecule has 3 nitrogen and oxygen atoms in total. The lowest BCUT2D eigenvalue weighted by atomic mass is 10.0. The van der Waals surface area contributed by atoms with Crippen LogP contribution < -0.4 is 5.32 Å². The Hall–Kier alpha value is -2.55. The van der Waals surface area contributed by atoms with Crippen LogP contribution in [0.1, 0.15) is 18.9 Å². The Morgan fingerprint density at radius 3 is 2.19 bits per heavy atom. The van der Waals surface area contributed by atoms with Crippen molar-refractivity contribution in [2.75, 3.05) is 6.54 Å². The number of phenolic OH excluding ortho intramolecular Hbond substituents is 1. The SMILES string of the molecule is CC(=O)NCCC=Cc1ccc(-c2ccc(O)cc2)cc1. The molecule has 108 valence electrons. The fraction of sp³-hybridized carbons (Fsp3) is 0.167. The monoisotopic (exact) mass is 281 g/mol. The molecule has 0 spiro atoms. The van der Waals surface area contributed by atoms with Crippen LogP contribution in [-0.4, -0.2) is 17.6 Å². The number of rotatable bonds is 5. The normalized spacial score (nSPS) is 10.7. The molecule has 0 saturated heterocycles. The summed E-state index contributed by atoms with van der Waals surface area (Å²) in [6, 6.07) is 15.4. The molecule has 0 heterocycles. The van der Waals surface area contributed by atoms with Gasteiger partial charge >= 0.3 is 0 Å². The maximum atomic E-state index is 10.7. The van der Waals surface area contributed by atoms with Crippen molar-refractivity contribution in [1.29, 1.82) is 0 Å². The molecule has 0 fully saturated rings. The summed E-state index contributed by atoms with van der Waals surface area (Å²) in [5, 5.41) is 12.0. The van der Waals surface area contributed by atoms with Gasteiger partial charge in [0.05, 0.1) is 0 Å². The second-order valence-corrected chi connectivity index (χ2v) is 4.84. The Bertz CT molecular complexity index is 613. The van der Waals surface area contributed by atoms with Gasteiger partial charge in [0, 0.05) is 13.5 Å². The maximum Gasteiger partial charge on any atom is 0.216 e. The van der Waals surface area contributed by atoms with E-state index in [9.17, 15) is 9.90 Å². The summed E-state index contributed by atoms with van der Waals surface area (Å²) in [6.07, 6.45) is 4.91. The molecule has 0 aromatic heterocycles. The predicted octanol–water partition coefficient (Wildman–Crippen LogP) is 3.60. The highest BCUT2D eigenvalue weighted by Gasteiger charge is 1.97. The van der Waals surface area contributed by atoms with Crippen LogP contribution in [0.3, 0.4) is 0 Å². The smallest absolute Gasteiger partial charge is 0.216 e. The minimum absolute atomic E-state index is 0.00153. The van der Waals surface area contributed by atoms with E-state index in [1.54, 1.807) is 12.1 Å². The summed E-state index contributed by atoms with van der Waals surface area (Å²) in [7, 11) is 0. The van der Waals surface area contributed by atoms with Gasteiger partial charge in [0.15, 0.2) is 0 Å². The number of amides is 1. The molecule has 21 heavy (non-hydrogen) atoms. The van der Waals surface area contributed by atoms with Crippen molar-refractivity contribution in [3.05, 3.63) is 60.2 Å². The highest BCUT2D eigenvalue weighted by molar-refractivity contribution is 5.72. The average molecular weight is 281 g/mol. The summed E-state index contributed by atoms with van der Waals surface area (Å²) < 4.78 is 0. The molecule has 0 aliphatic carbocycles. The lowest BCUT2D eigenvalue weighted by Crippen LogP contribution is -2.20. The van der Waals surface area contributed by atoms with Gasteiger partial charge in [-0.25, -0.2) is 0 Å². The minimum atomic E-state index is 0.00153. The zero-order valence-electron chi connectivity index (χ0n) is 12.0. The Morgan fingerprint density at radius 2 is 1.62 bits per heavy atom. The molecule has 3 heteroatoms. The first-order valence-electron chi connectivity index (χ1n) is 6.95. The summed E-state index contributed by atoms with van der Waals surface area (Å²) in [5.41, 5.74) is 3.32. The number of phenols is 1. The van der Waals surface area contributed by atoms with Gasteiger partial charge in [0.2, 0.25) is 5.91 Å². The maximum absolute atomic E-state index is 10.7. The zero-order chi connectivity index (χ0) is 15.1. The van der Waals surface area contributed by atoms with E-state index in [0.29, 0.717) is 6.54 Å². The Morgan fingerprint density at radius 1 is 1.05 bits per heavy atom. The lowest BCUT2D eigenvalue weighted by molar-refractivity contribution is -0.118. The third-order valence-electron chi connectivity index (χ3n) is 3.11. The quantitative estimate of drug-likeness (QED) is 0.823. The molecule has 0 radical (unpaired) electrons. The molecule has 0 saturated carbocycles. The number of hydrogen-bond donors (Lipinski definition) is 2. The van der Waals surface area contributed by atoms with Crippen molar-refractivity contribution in [1.82, 2.24) is 5.32 Å². The molecule has 0 aliphatic rings. The third-order valence-corrected chi connectivity index (χ3v) is 3.11. The van der Waals surface area contributed by atoms with Crippen molar-refractivity contribution in [2.45, 2.75) is 13.3 Å². The first-order valence-corrected chi connectivity index (χ1v) is 6.95. The molecule has 1 amide bonds. The van der Waals surface area contributed by atoms with E-state index in [4.69, 9.17) is 0 Å². The Labute approximate surface area is 124 Å². The summed E-state index contributed by atoms with van der Waals surface area (Å²) in [6.45, 7) is 2.18. The molecule has 2 N–H and O–H groups in total. The summed E-state index contributed by atoms with van der Waals surface area (Å²) in [4.78, 5) is 10.7. The van der Waals surface area contributed by atoms with Crippen LogP contribution in [0.25, 0.3) is 17.2 Å². The van der Waals surface area contributed by atoms with Crippen LogP contribution in [0.2, 0.25) is 0 Å². The van der Waals surface area contributed by atoms with Crippen molar-refractivity contribution >= 4 is 12.0 Å². The van der Waals surface area contributed by atoms with Crippen LogP contribution >= 0.6 is 0 Å². The summed E-state index contributed by atoms with van der Waals surface area (Å²) in [5.74, 6) is 0.277. The predicted molar refractivity (Wildman–Crippen MR) is 85.9 cm³/mol. The topological polar surface area (TPSA) is 49.3 Å². The van der Waals surface area contributed by atoms with E-state index in [1.807, 2.05) is 24.3 Å². The van der Waals surface area contributed by atoms with E-state index < -0.39 is 0 Å². The first-order chi connectivity index (χ1) is 10.1. The Kier molecular flexibility index (Phi) is 5.16. The minimum Gasteiger partial charge on any atom is -0.508 e. The number of benzene rings is 2.